The molecule has 0 N–H and O–H groups in total. The van der Waals surface area contributed by atoms with Gasteiger partial charge in [-0.25, -0.2) is 18.5 Å². The molecule has 0 bridgehead atoms. The lowest BCUT2D eigenvalue weighted by molar-refractivity contribution is -0.132. The van der Waals surface area contributed by atoms with Crippen molar-refractivity contribution >= 4 is 12.0 Å². The van der Waals surface area contributed by atoms with Crippen molar-refractivity contribution < 1.29 is 27.8 Å². The molecule has 3 rings (SSSR count). The maximum absolute atomic E-state index is 13.9. The molecule has 138 valence electrons. The zero-order valence-electron chi connectivity index (χ0n) is 14.3. The molecule has 0 spiro atoms. The highest BCUT2D eigenvalue weighted by Crippen LogP contribution is 2.36. The van der Waals surface area contributed by atoms with Crippen molar-refractivity contribution in [1.82, 2.24) is 4.90 Å². The van der Waals surface area contributed by atoms with Crippen LogP contribution in [0.4, 0.5) is 13.6 Å². The van der Waals surface area contributed by atoms with Gasteiger partial charge in [-0.3, -0.25) is 4.79 Å². The van der Waals surface area contributed by atoms with Crippen molar-refractivity contribution in [2.45, 2.75) is 25.5 Å². The van der Waals surface area contributed by atoms with Crippen LogP contribution in [0.1, 0.15) is 25.0 Å². The minimum atomic E-state index is -0.720. The van der Waals surface area contributed by atoms with E-state index in [0.29, 0.717) is 5.57 Å². The minimum absolute atomic E-state index is 0.0485. The van der Waals surface area contributed by atoms with E-state index in [1.165, 1.54) is 6.07 Å². The molecule has 2 amide bonds. The summed E-state index contributed by atoms with van der Waals surface area (Å²) >= 11 is 0. The van der Waals surface area contributed by atoms with E-state index >= 15 is 0 Å². The number of halogens is 2. The summed E-state index contributed by atoms with van der Waals surface area (Å²) in [4.78, 5) is 25.9. The SMILES string of the molecule is C=C(/C=C\C)[C@H]1COC(=O)N1C(=O)C1COC(c2ccc(F)cc2F)C1. The average molecular weight is 363 g/mol. The third-order valence-electron chi connectivity index (χ3n) is 4.58. The molecule has 0 radical (unpaired) electrons. The Morgan fingerprint density at radius 3 is 2.81 bits per heavy atom. The first-order valence-corrected chi connectivity index (χ1v) is 8.30. The number of allylic oxidation sites excluding steroid dienone is 1. The van der Waals surface area contributed by atoms with Crippen molar-refractivity contribution in [3.05, 3.63) is 59.7 Å². The average Bonchev–Trinajstić information content (AvgIpc) is 3.21. The fourth-order valence-electron chi connectivity index (χ4n) is 3.24. The molecule has 26 heavy (non-hydrogen) atoms. The van der Waals surface area contributed by atoms with Crippen molar-refractivity contribution in [3.8, 4) is 0 Å². The first kappa shape index (κ1) is 18.3. The molecule has 5 nitrogen and oxygen atoms in total. The van der Waals surface area contributed by atoms with E-state index in [1.807, 2.05) is 6.92 Å². The lowest BCUT2D eigenvalue weighted by atomic mass is 9.98. The Balaban J connectivity index is 1.74. The fraction of sp³-hybridized carbons (Fsp3) is 0.368. The lowest BCUT2D eigenvalue weighted by Crippen LogP contribution is -2.43. The van der Waals surface area contributed by atoms with Gasteiger partial charge < -0.3 is 9.47 Å². The second-order valence-corrected chi connectivity index (χ2v) is 6.30. The van der Waals surface area contributed by atoms with Gasteiger partial charge in [0.2, 0.25) is 5.91 Å². The number of carbonyl (C=O) groups is 2. The zero-order valence-corrected chi connectivity index (χ0v) is 14.3. The Morgan fingerprint density at radius 1 is 1.35 bits per heavy atom. The van der Waals surface area contributed by atoms with Gasteiger partial charge in [-0.2, -0.15) is 0 Å². The largest absolute Gasteiger partial charge is 0.446 e. The number of nitrogens with zero attached hydrogens (tertiary/aromatic N) is 1. The molecule has 2 aliphatic rings. The molecule has 1 aromatic carbocycles. The molecular formula is C19H19F2NO4. The predicted octanol–water partition coefficient (Wildman–Crippen LogP) is 3.52. The van der Waals surface area contributed by atoms with E-state index in [9.17, 15) is 18.4 Å². The van der Waals surface area contributed by atoms with E-state index in [2.05, 4.69) is 6.58 Å². The van der Waals surface area contributed by atoms with E-state index in [-0.39, 0.29) is 25.2 Å². The number of hydrogen-bond donors (Lipinski definition) is 0. The molecule has 7 heteroatoms. The van der Waals surface area contributed by atoms with Crippen LogP contribution in [-0.2, 0) is 14.3 Å². The molecule has 0 saturated carbocycles. The molecule has 2 unspecified atom stereocenters. The quantitative estimate of drug-likeness (QED) is 0.768. The molecule has 2 heterocycles. The summed E-state index contributed by atoms with van der Waals surface area (Å²) < 4.78 is 37.5. The summed E-state index contributed by atoms with van der Waals surface area (Å²) in [6.07, 6.45) is 2.30. The second kappa shape index (κ2) is 7.37. The third-order valence-corrected chi connectivity index (χ3v) is 4.58. The highest BCUT2D eigenvalue weighted by molar-refractivity contribution is 5.95. The number of cyclic esters (lactones) is 1. The van der Waals surface area contributed by atoms with Gasteiger partial charge in [0.05, 0.1) is 18.6 Å². The van der Waals surface area contributed by atoms with Gasteiger partial charge in [-0.15, -0.1) is 0 Å². The molecule has 0 aromatic heterocycles. The van der Waals surface area contributed by atoms with Crippen molar-refractivity contribution in [2.24, 2.45) is 5.92 Å². The molecule has 2 aliphatic heterocycles. The van der Waals surface area contributed by atoms with E-state index < -0.39 is 41.7 Å². The predicted molar refractivity (Wildman–Crippen MR) is 89.1 cm³/mol. The number of amides is 2. The van der Waals surface area contributed by atoms with Gasteiger partial charge in [-0.1, -0.05) is 24.8 Å². The van der Waals surface area contributed by atoms with Crippen LogP contribution in [0.3, 0.4) is 0 Å². The van der Waals surface area contributed by atoms with Gasteiger partial charge in [0.15, 0.2) is 0 Å². The molecule has 1 aromatic rings. The van der Waals surface area contributed by atoms with E-state index in [1.54, 1.807) is 12.2 Å². The van der Waals surface area contributed by atoms with Gasteiger partial charge in [0.1, 0.15) is 24.3 Å². The van der Waals surface area contributed by atoms with Crippen molar-refractivity contribution in [2.75, 3.05) is 13.2 Å². The minimum Gasteiger partial charge on any atom is -0.446 e. The highest BCUT2D eigenvalue weighted by Gasteiger charge is 2.44. The van der Waals surface area contributed by atoms with Crippen LogP contribution < -0.4 is 0 Å². The Labute approximate surface area is 149 Å². The topological polar surface area (TPSA) is 55.8 Å². The molecule has 0 aliphatic carbocycles. The number of ether oxygens (including phenoxy) is 2. The van der Waals surface area contributed by atoms with E-state index in [0.717, 1.165) is 17.0 Å². The number of imide groups is 1. The van der Waals surface area contributed by atoms with Gasteiger partial charge in [0.25, 0.3) is 0 Å². The summed E-state index contributed by atoms with van der Waals surface area (Å²) in [6.45, 7) is 5.78. The summed E-state index contributed by atoms with van der Waals surface area (Å²) in [5.41, 5.74) is 0.785. The number of rotatable bonds is 4. The third kappa shape index (κ3) is 3.39. The van der Waals surface area contributed by atoms with E-state index in [4.69, 9.17) is 9.47 Å². The maximum atomic E-state index is 13.9. The summed E-state index contributed by atoms with van der Waals surface area (Å²) in [5, 5.41) is 0. The monoisotopic (exact) mass is 363 g/mol. The first-order chi connectivity index (χ1) is 12.4. The first-order valence-electron chi connectivity index (χ1n) is 8.30. The molecular weight excluding hydrogens is 344 g/mol. The smallest absolute Gasteiger partial charge is 0.417 e. The Hall–Kier alpha value is -2.54. The fourth-order valence-corrected chi connectivity index (χ4v) is 3.24. The van der Waals surface area contributed by atoms with Crippen LogP contribution in [0.5, 0.6) is 0 Å². The van der Waals surface area contributed by atoms with Crippen LogP contribution in [0, 0.1) is 17.6 Å². The summed E-state index contributed by atoms with van der Waals surface area (Å²) in [5.74, 6) is -2.45. The molecule has 2 fully saturated rings. The highest BCUT2D eigenvalue weighted by atomic mass is 19.1. The number of hydrogen-bond acceptors (Lipinski definition) is 4. The van der Waals surface area contributed by atoms with Crippen LogP contribution >= 0.6 is 0 Å². The van der Waals surface area contributed by atoms with Crippen LogP contribution in [0.15, 0.2) is 42.5 Å². The molecule has 3 atom stereocenters. The summed E-state index contributed by atoms with van der Waals surface area (Å²) in [6, 6.07) is 2.67. The Morgan fingerprint density at radius 2 is 2.12 bits per heavy atom. The van der Waals surface area contributed by atoms with Gasteiger partial charge >= 0.3 is 6.09 Å². The number of benzene rings is 1. The van der Waals surface area contributed by atoms with Crippen molar-refractivity contribution in [3.63, 3.8) is 0 Å². The molecule has 2 saturated heterocycles. The Bertz CT molecular complexity index is 777. The zero-order chi connectivity index (χ0) is 18.8. The second-order valence-electron chi connectivity index (χ2n) is 6.30. The standard InChI is InChI=1S/C19H19F2NO4/c1-3-4-11(2)16-10-26-19(24)22(16)18(23)12-7-17(25-9-12)14-6-5-13(20)8-15(14)21/h3-6,8,12,16-17H,2,7,9-10H2,1H3/b4-3-/t12?,16-,17?/m1/s1. The van der Waals surface area contributed by atoms with Gasteiger partial charge in [0, 0.05) is 11.6 Å². The maximum Gasteiger partial charge on any atom is 0.417 e. The summed E-state index contributed by atoms with van der Waals surface area (Å²) in [7, 11) is 0. The Kier molecular flexibility index (Phi) is 5.18. The van der Waals surface area contributed by atoms with Crippen LogP contribution in [-0.4, -0.2) is 36.2 Å². The lowest BCUT2D eigenvalue weighted by Gasteiger charge is -2.22. The normalized spacial score (nSPS) is 25.7. The van der Waals surface area contributed by atoms with Crippen molar-refractivity contribution in [1.29, 1.82) is 0 Å². The van der Waals surface area contributed by atoms with Crippen LogP contribution in [0.25, 0.3) is 0 Å². The van der Waals surface area contributed by atoms with Gasteiger partial charge in [-0.05, 0) is 25.0 Å². The number of carbonyl (C=O) groups excluding carboxylic acids is 2. The van der Waals surface area contributed by atoms with Crippen LogP contribution in [0.2, 0.25) is 0 Å².